The van der Waals surface area contributed by atoms with Crippen molar-refractivity contribution in [3.63, 3.8) is 0 Å². The van der Waals surface area contributed by atoms with Crippen molar-refractivity contribution >= 4 is 0 Å². The molecular weight excluding hydrogens is 275 g/mol. The van der Waals surface area contributed by atoms with Crippen molar-refractivity contribution in [2.24, 2.45) is 11.8 Å². The van der Waals surface area contributed by atoms with Crippen LogP contribution in [0.4, 0.5) is 13.2 Å². The van der Waals surface area contributed by atoms with Crippen LogP contribution in [0.1, 0.15) is 64.2 Å². The maximum Gasteiger partial charge on any atom is 0.391 e. The highest BCUT2D eigenvalue weighted by Crippen LogP contribution is 2.42. The zero-order valence-electron chi connectivity index (χ0n) is 13.0. The van der Waals surface area contributed by atoms with Gasteiger partial charge in [-0.1, -0.05) is 30.9 Å². The van der Waals surface area contributed by atoms with Crippen molar-refractivity contribution in [3.05, 3.63) is 11.6 Å². The Morgan fingerprint density at radius 1 is 1.10 bits per heavy atom. The Morgan fingerprint density at radius 3 is 2.57 bits per heavy atom. The number of rotatable bonds is 3. The lowest BCUT2D eigenvalue weighted by Crippen LogP contribution is -2.40. The van der Waals surface area contributed by atoms with Crippen LogP contribution in [0.2, 0.25) is 0 Å². The van der Waals surface area contributed by atoms with Gasteiger partial charge in [0.25, 0.3) is 0 Å². The molecule has 0 aliphatic heterocycles. The fourth-order valence-corrected chi connectivity index (χ4v) is 4.05. The molecule has 0 heterocycles. The molecule has 0 radical (unpaired) electrons. The minimum Gasteiger partial charge on any atom is -0.313 e. The van der Waals surface area contributed by atoms with E-state index >= 15 is 0 Å². The van der Waals surface area contributed by atoms with E-state index in [9.17, 15) is 13.2 Å². The van der Waals surface area contributed by atoms with Gasteiger partial charge in [-0.2, -0.15) is 13.2 Å². The molecule has 0 aromatic heterocycles. The molecule has 0 aromatic rings. The quantitative estimate of drug-likeness (QED) is 0.704. The zero-order valence-corrected chi connectivity index (χ0v) is 13.0. The first-order chi connectivity index (χ1) is 10.0. The molecule has 4 heteroatoms. The van der Waals surface area contributed by atoms with Gasteiger partial charge in [-0.15, -0.1) is 0 Å². The molecular formula is C17H28F3N. The lowest BCUT2D eigenvalue weighted by atomic mass is 9.74. The summed E-state index contributed by atoms with van der Waals surface area (Å²) in [6, 6.07) is 0.147. The molecule has 0 saturated heterocycles. The first kappa shape index (κ1) is 16.9. The number of nitrogens with one attached hydrogen (secondary N) is 1. The summed E-state index contributed by atoms with van der Waals surface area (Å²) in [7, 11) is 1.90. The molecule has 3 unspecified atom stereocenters. The molecule has 0 aromatic carbocycles. The SMILES string of the molecule is CNC(C1=CCCCCCC1)C1CCCC(C(F)(F)F)C1. The van der Waals surface area contributed by atoms with Crippen molar-refractivity contribution < 1.29 is 13.2 Å². The van der Waals surface area contributed by atoms with Gasteiger partial charge in [-0.25, -0.2) is 0 Å². The van der Waals surface area contributed by atoms with Crippen LogP contribution in [-0.2, 0) is 0 Å². The summed E-state index contributed by atoms with van der Waals surface area (Å²) in [5, 5.41) is 3.33. The van der Waals surface area contributed by atoms with E-state index in [0.717, 1.165) is 19.3 Å². The number of hydrogen-bond acceptors (Lipinski definition) is 1. The second-order valence-corrected chi connectivity index (χ2v) is 6.66. The molecule has 122 valence electrons. The summed E-state index contributed by atoms with van der Waals surface area (Å²) in [5.41, 5.74) is 1.37. The first-order valence-electron chi connectivity index (χ1n) is 8.45. The Kier molecular flexibility index (Phi) is 6.15. The first-order valence-corrected chi connectivity index (χ1v) is 8.45. The Labute approximate surface area is 126 Å². The van der Waals surface area contributed by atoms with Crippen LogP contribution in [-0.4, -0.2) is 19.3 Å². The summed E-state index contributed by atoms with van der Waals surface area (Å²) in [6.45, 7) is 0. The average Bonchev–Trinajstić information content (AvgIpc) is 2.41. The molecule has 1 saturated carbocycles. The third kappa shape index (κ3) is 4.73. The maximum absolute atomic E-state index is 13.0. The molecule has 2 aliphatic rings. The lowest BCUT2D eigenvalue weighted by molar-refractivity contribution is -0.186. The van der Waals surface area contributed by atoms with E-state index in [1.807, 2.05) is 7.05 Å². The minimum atomic E-state index is -4.02. The second-order valence-electron chi connectivity index (χ2n) is 6.66. The van der Waals surface area contributed by atoms with Gasteiger partial charge in [-0.3, -0.25) is 0 Å². The normalized spacial score (nSPS) is 30.2. The van der Waals surface area contributed by atoms with Crippen LogP contribution in [0, 0.1) is 11.8 Å². The van der Waals surface area contributed by atoms with Crippen molar-refractivity contribution in [2.45, 2.75) is 76.4 Å². The molecule has 1 nitrogen and oxygen atoms in total. The highest BCUT2D eigenvalue weighted by atomic mass is 19.4. The van der Waals surface area contributed by atoms with Crippen LogP contribution in [0.5, 0.6) is 0 Å². The number of alkyl halides is 3. The van der Waals surface area contributed by atoms with E-state index in [2.05, 4.69) is 11.4 Å². The summed E-state index contributed by atoms with van der Waals surface area (Å²) in [5.74, 6) is -0.956. The molecule has 0 spiro atoms. The minimum absolute atomic E-state index is 0.140. The van der Waals surface area contributed by atoms with Gasteiger partial charge in [-0.05, 0) is 57.9 Å². The highest BCUT2D eigenvalue weighted by Gasteiger charge is 2.43. The van der Waals surface area contributed by atoms with E-state index in [-0.39, 0.29) is 12.0 Å². The predicted molar refractivity (Wildman–Crippen MR) is 80.1 cm³/mol. The molecule has 1 fully saturated rings. The maximum atomic E-state index is 13.0. The third-order valence-electron chi connectivity index (χ3n) is 5.19. The fourth-order valence-electron chi connectivity index (χ4n) is 4.05. The van der Waals surface area contributed by atoms with Gasteiger partial charge in [0.05, 0.1) is 5.92 Å². The molecule has 0 amide bonds. The van der Waals surface area contributed by atoms with Gasteiger partial charge in [0.1, 0.15) is 0 Å². The summed E-state index contributed by atoms with van der Waals surface area (Å²) in [4.78, 5) is 0. The van der Waals surface area contributed by atoms with Crippen LogP contribution >= 0.6 is 0 Å². The van der Waals surface area contributed by atoms with Crippen molar-refractivity contribution in [1.82, 2.24) is 5.32 Å². The van der Waals surface area contributed by atoms with Crippen molar-refractivity contribution in [3.8, 4) is 0 Å². The predicted octanol–water partition coefficient (Wildman–Crippen LogP) is 5.22. The number of halogens is 3. The molecule has 2 aliphatic carbocycles. The largest absolute Gasteiger partial charge is 0.391 e. The van der Waals surface area contributed by atoms with Crippen LogP contribution in [0.3, 0.4) is 0 Å². The number of allylic oxidation sites excluding steroid dienone is 1. The standard InChI is InChI=1S/C17H28F3N/c1-21-16(13-8-5-3-2-4-6-9-13)14-10-7-11-15(12-14)17(18,19)20/h8,14-16,21H,2-7,9-12H2,1H3. The smallest absolute Gasteiger partial charge is 0.313 e. The summed E-state index contributed by atoms with van der Waals surface area (Å²) < 4.78 is 39.0. The molecule has 2 rings (SSSR count). The van der Waals surface area contributed by atoms with Crippen LogP contribution in [0.15, 0.2) is 11.6 Å². The van der Waals surface area contributed by atoms with Crippen molar-refractivity contribution in [2.75, 3.05) is 7.05 Å². The topological polar surface area (TPSA) is 12.0 Å². The molecule has 21 heavy (non-hydrogen) atoms. The number of likely N-dealkylation sites (N-methyl/N-ethyl adjacent to an activating group) is 1. The Morgan fingerprint density at radius 2 is 1.86 bits per heavy atom. The van der Waals surface area contributed by atoms with E-state index in [0.29, 0.717) is 19.3 Å². The van der Waals surface area contributed by atoms with Gasteiger partial charge >= 0.3 is 6.18 Å². The second kappa shape index (κ2) is 7.66. The Bertz CT molecular complexity index is 348. The molecule has 3 atom stereocenters. The van der Waals surface area contributed by atoms with E-state index in [1.165, 1.54) is 31.3 Å². The van der Waals surface area contributed by atoms with Gasteiger partial charge in [0.2, 0.25) is 0 Å². The fraction of sp³-hybridized carbons (Fsp3) is 0.882. The monoisotopic (exact) mass is 303 g/mol. The van der Waals surface area contributed by atoms with Crippen molar-refractivity contribution in [1.29, 1.82) is 0 Å². The highest BCUT2D eigenvalue weighted by molar-refractivity contribution is 5.14. The summed E-state index contributed by atoms with van der Waals surface area (Å²) >= 11 is 0. The van der Waals surface area contributed by atoms with E-state index in [1.54, 1.807) is 0 Å². The Hall–Kier alpha value is -0.510. The number of hydrogen-bond donors (Lipinski definition) is 1. The van der Waals surface area contributed by atoms with Gasteiger partial charge < -0.3 is 5.32 Å². The van der Waals surface area contributed by atoms with Gasteiger partial charge in [0.15, 0.2) is 0 Å². The lowest BCUT2D eigenvalue weighted by Gasteiger charge is -2.37. The van der Waals surface area contributed by atoms with Crippen LogP contribution < -0.4 is 5.32 Å². The summed E-state index contributed by atoms with van der Waals surface area (Å²) in [6.07, 6.45) is 7.61. The zero-order chi connectivity index (χ0) is 15.3. The third-order valence-corrected chi connectivity index (χ3v) is 5.19. The molecule has 0 bridgehead atoms. The van der Waals surface area contributed by atoms with E-state index in [4.69, 9.17) is 0 Å². The van der Waals surface area contributed by atoms with Crippen LogP contribution in [0.25, 0.3) is 0 Å². The molecule has 1 N–H and O–H groups in total. The Balaban J connectivity index is 2.05. The average molecular weight is 303 g/mol. The van der Waals surface area contributed by atoms with Gasteiger partial charge in [0, 0.05) is 6.04 Å². The van der Waals surface area contributed by atoms with E-state index < -0.39 is 12.1 Å².